The number of carbonyl (C=O) groups excluding carboxylic acids is 2. The van der Waals surface area contributed by atoms with Gasteiger partial charge in [0.25, 0.3) is 11.8 Å². The Hall–Kier alpha value is -3.34. The highest BCUT2D eigenvalue weighted by atomic mass is 79.9. The largest absolute Gasteiger partial charge is 0.503 e. The third kappa shape index (κ3) is 7.87. The van der Waals surface area contributed by atoms with Gasteiger partial charge in [0.1, 0.15) is 5.70 Å². The predicted octanol–water partition coefficient (Wildman–Crippen LogP) is 6.74. The Labute approximate surface area is 255 Å². The smallest absolute Gasteiger partial charge is 0.287 e. The Balaban J connectivity index is 1.90. The minimum Gasteiger partial charge on any atom is -0.503 e. The Morgan fingerprint density at radius 2 is 1.73 bits per heavy atom. The van der Waals surface area contributed by atoms with E-state index in [4.69, 9.17) is 16.3 Å². The minimum absolute atomic E-state index is 0.0291. The van der Waals surface area contributed by atoms with E-state index in [0.29, 0.717) is 26.7 Å². The summed E-state index contributed by atoms with van der Waals surface area (Å²) in [7, 11) is 0. The standard InChI is InChI=1S/C29H29Br2ClN4O4/c1-4-36(5-2)20-13-11-18(12-14-20)15-23(34-28(38)21-9-7-8-10-22(21)32)29(39)35-33-17-19-16-24(40-6-3)27(37)26(31)25(19)30/h7-17,37H,4-6H2,1-3H3,(H,34,38)(H,35,39)/b23-15?,33-17+. The first kappa shape index (κ1) is 31.2. The Bertz CT molecular complexity index is 1420. The molecule has 0 aliphatic heterocycles. The van der Waals surface area contributed by atoms with Gasteiger partial charge in [-0.25, -0.2) is 5.43 Å². The SMILES string of the molecule is CCOc1cc(/C=N/NC(=O)C(=Cc2ccc(N(CC)CC)cc2)NC(=O)c2ccccc2Cl)c(Br)c(Br)c1O. The number of rotatable bonds is 11. The van der Waals surface area contributed by atoms with Crippen LogP contribution in [0.2, 0.25) is 5.02 Å². The molecule has 2 amide bonds. The van der Waals surface area contributed by atoms with Crippen molar-refractivity contribution in [1.29, 1.82) is 0 Å². The topological polar surface area (TPSA) is 103 Å². The van der Waals surface area contributed by atoms with Crippen molar-refractivity contribution in [1.82, 2.24) is 10.7 Å². The van der Waals surface area contributed by atoms with Gasteiger partial charge < -0.3 is 20.1 Å². The van der Waals surface area contributed by atoms with Crippen molar-refractivity contribution in [3.63, 3.8) is 0 Å². The van der Waals surface area contributed by atoms with Gasteiger partial charge in [-0.05, 0) is 94.6 Å². The van der Waals surface area contributed by atoms with Crippen LogP contribution in [0.4, 0.5) is 5.69 Å². The van der Waals surface area contributed by atoms with E-state index in [1.54, 1.807) is 43.3 Å². The molecule has 0 aromatic heterocycles. The van der Waals surface area contributed by atoms with Crippen LogP contribution in [0.5, 0.6) is 11.5 Å². The molecule has 0 heterocycles. The average molecular weight is 693 g/mol. The van der Waals surface area contributed by atoms with Crippen LogP contribution in [0, 0.1) is 0 Å². The van der Waals surface area contributed by atoms with Crippen molar-refractivity contribution in [2.45, 2.75) is 20.8 Å². The molecule has 0 fully saturated rings. The number of halogens is 3. The van der Waals surface area contributed by atoms with Crippen LogP contribution in [-0.2, 0) is 4.79 Å². The summed E-state index contributed by atoms with van der Waals surface area (Å²) in [5.41, 5.74) is 4.94. The van der Waals surface area contributed by atoms with E-state index in [-0.39, 0.29) is 27.8 Å². The molecule has 0 radical (unpaired) electrons. The number of amides is 2. The van der Waals surface area contributed by atoms with Crippen LogP contribution in [-0.4, -0.2) is 42.8 Å². The van der Waals surface area contributed by atoms with Crippen LogP contribution < -0.4 is 20.4 Å². The number of hydrogen-bond acceptors (Lipinski definition) is 6. The maximum Gasteiger partial charge on any atom is 0.287 e. The van der Waals surface area contributed by atoms with Gasteiger partial charge in [0.05, 0.1) is 27.9 Å². The molecule has 0 aliphatic carbocycles. The van der Waals surface area contributed by atoms with E-state index in [2.05, 4.69) is 66.5 Å². The summed E-state index contributed by atoms with van der Waals surface area (Å²) in [5, 5.41) is 17.2. The summed E-state index contributed by atoms with van der Waals surface area (Å²) in [6.45, 7) is 8.04. The van der Waals surface area contributed by atoms with E-state index < -0.39 is 11.8 Å². The molecule has 0 aliphatic rings. The first-order chi connectivity index (χ1) is 19.2. The molecule has 40 heavy (non-hydrogen) atoms. The first-order valence-electron chi connectivity index (χ1n) is 12.5. The fourth-order valence-electron chi connectivity index (χ4n) is 3.72. The molecule has 8 nitrogen and oxygen atoms in total. The predicted molar refractivity (Wildman–Crippen MR) is 167 cm³/mol. The number of carbonyl (C=O) groups is 2. The van der Waals surface area contributed by atoms with Gasteiger partial charge >= 0.3 is 0 Å². The Morgan fingerprint density at radius 3 is 2.35 bits per heavy atom. The molecule has 3 rings (SSSR count). The van der Waals surface area contributed by atoms with Gasteiger partial charge in [-0.2, -0.15) is 5.10 Å². The maximum absolute atomic E-state index is 13.2. The van der Waals surface area contributed by atoms with Gasteiger partial charge in [-0.15, -0.1) is 0 Å². The van der Waals surface area contributed by atoms with Crippen LogP contribution in [0.1, 0.15) is 42.3 Å². The summed E-state index contributed by atoms with van der Waals surface area (Å²) in [6.07, 6.45) is 2.95. The molecule has 210 valence electrons. The molecule has 0 unspecified atom stereocenters. The number of nitrogens with zero attached hydrogens (tertiary/aromatic N) is 2. The van der Waals surface area contributed by atoms with Crippen LogP contribution in [0.25, 0.3) is 6.08 Å². The number of anilines is 1. The van der Waals surface area contributed by atoms with Crippen LogP contribution in [0.15, 0.2) is 74.3 Å². The molecule has 0 atom stereocenters. The first-order valence-corrected chi connectivity index (χ1v) is 14.5. The maximum atomic E-state index is 13.2. The van der Waals surface area contributed by atoms with Gasteiger partial charge in [0.15, 0.2) is 11.5 Å². The molecule has 0 saturated carbocycles. The molecular formula is C29H29Br2ClN4O4. The molecule has 11 heteroatoms. The highest BCUT2D eigenvalue weighted by molar-refractivity contribution is 9.13. The molecule has 0 bridgehead atoms. The van der Waals surface area contributed by atoms with E-state index in [1.807, 2.05) is 24.3 Å². The van der Waals surface area contributed by atoms with Crippen molar-refractivity contribution in [3.8, 4) is 11.5 Å². The van der Waals surface area contributed by atoms with E-state index >= 15 is 0 Å². The summed E-state index contributed by atoms with van der Waals surface area (Å²) in [4.78, 5) is 28.4. The highest BCUT2D eigenvalue weighted by Gasteiger charge is 2.17. The lowest BCUT2D eigenvalue weighted by atomic mass is 10.1. The van der Waals surface area contributed by atoms with E-state index in [9.17, 15) is 14.7 Å². The highest BCUT2D eigenvalue weighted by Crippen LogP contribution is 2.41. The zero-order valence-electron chi connectivity index (χ0n) is 22.2. The monoisotopic (exact) mass is 690 g/mol. The number of hydrazone groups is 1. The summed E-state index contributed by atoms with van der Waals surface area (Å²) >= 11 is 12.9. The molecule has 0 spiro atoms. The minimum atomic E-state index is -0.650. The number of phenolic OH excluding ortho intramolecular Hbond substituents is 1. The average Bonchev–Trinajstić information content (AvgIpc) is 2.95. The van der Waals surface area contributed by atoms with Crippen LogP contribution in [0.3, 0.4) is 0 Å². The number of hydrogen-bond donors (Lipinski definition) is 3. The van der Waals surface area contributed by atoms with Gasteiger partial charge in [-0.1, -0.05) is 35.9 Å². The van der Waals surface area contributed by atoms with Crippen molar-refractivity contribution in [2.24, 2.45) is 5.10 Å². The fourth-order valence-corrected chi connectivity index (χ4v) is 4.77. The third-order valence-corrected chi connectivity index (χ3v) is 8.28. The second-order valence-electron chi connectivity index (χ2n) is 8.33. The normalized spacial score (nSPS) is 11.4. The summed E-state index contributed by atoms with van der Waals surface area (Å²) in [6, 6.07) is 15.8. The van der Waals surface area contributed by atoms with E-state index in [1.165, 1.54) is 6.21 Å². The molecule has 0 saturated heterocycles. The number of ether oxygens (including phenoxy) is 1. The second-order valence-corrected chi connectivity index (χ2v) is 10.3. The van der Waals surface area contributed by atoms with Gasteiger partial charge in [-0.3, -0.25) is 9.59 Å². The lowest BCUT2D eigenvalue weighted by Crippen LogP contribution is -2.33. The van der Waals surface area contributed by atoms with Gasteiger partial charge in [0.2, 0.25) is 0 Å². The lowest BCUT2D eigenvalue weighted by molar-refractivity contribution is -0.117. The molecular weight excluding hydrogens is 664 g/mol. The summed E-state index contributed by atoms with van der Waals surface area (Å²) in [5.74, 6) is -0.994. The van der Waals surface area contributed by atoms with Crippen molar-refractivity contribution < 1.29 is 19.4 Å². The zero-order valence-corrected chi connectivity index (χ0v) is 26.1. The molecule has 3 aromatic carbocycles. The number of nitrogens with one attached hydrogen (secondary N) is 2. The van der Waals surface area contributed by atoms with Crippen molar-refractivity contribution in [2.75, 3.05) is 24.6 Å². The fraction of sp³-hybridized carbons (Fsp3) is 0.207. The third-order valence-electron chi connectivity index (χ3n) is 5.79. The lowest BCUT2D eigenvalue weighted by Gasteiger charge is -2.21. The molecule has 3 N–H and O–H groups in total. The quantitative estimate of drug-likeness (QED) is 0.117. The summed E-state index contributed by atoms with van der Waals surface area (Å²) < 4.78 is 6.36. The van der Waals surface area contributed by atoms with Crippen LogP contribution >= 0.6 is 43.5 Å². The molecule has 3 aromatic rings. The van der Waals surface area contributed by atoms with Gasteiger partial charge in [0, 0.05) is 28.8 Å². The Kier molecular flexibility index (Phi) is 11.6. The number of aromatic hydroxyl groups is 1. The zero-order chi connectivity index (χ0) is 29.2. The van der Waals surface area contributed by atoms with Crippen molar-refractivity contribution >= 4 is 73.3 Å². The Morgan fingerprint density at radius 1 is 1.05 bits per heavy atom. The number of benzene rings is 3. The number of phenols is 1. The second kappa shape index (κ2) is 14.9. The van der Waals surface area contributed by atoms with Crippen molar-refractivity contribution in [3.05, 3.63) is 91.0 Å². The van der Waals surface area contributed by atoms with E-state index in [0.717, 1.165) is 18.8 Å².